The highest BCUT2D eigenvalue weighted by Crippen LogP contribution is 2.24. The van der Waals surface area contributed by atoms with Crippen LogP contribution >= 0.6 is 35.3 Å². The molecule has 0 atom stereocenters. The van der Waals surface area contributed by atoms with Crippen molar-refractivity contribution < 1.29 is 0 Å². The molecule has 27 heavy (non-hydrogen) atoms. The molecule has 0 spiro atoms. The molecule has 6 nitrogen and oxygen atoms in total. The van der Waals surface area contributed by atoms with E-state index in [1.807, 2.05) is 30.8 Å². The summed E-state index contributed by atoms with van der Waals surface area (Å²) in [4.78, 5) is 11.3. The van der Waals surface area contributed by atoms with Gasteiger partial charge in [0.25, 0.3) is 0 Å². The lowest BCUT2D eigenvalue weighted by atomic mass is 10.1. The van der Waals surface area contributed by atoms with Crippen LogP contribution in [0.25, 0.3) is 0 Å². The largest absolute Gasteiger partial charge is 0.363 e. The molecule has 2 aromatic heterocycles. The van der Waals surface area contributed by atoms with Crippen LogP contribution in [0.2, 0.25) is 0 Å². The van der Waals surface area contributed by atoms with Crippen molar-refractivity contribution in [2.45, 2.75) is 45.8 Å². The molecule has 3 rings (SSSR count). The molecule has 0 bridgehead atoms. The molecule has 2 N–H and O–H groups in total. The SMILES string of the molecule is CN=C(NCc1nccn1CC(C)C)NC1CCN(c2cccs2)CC1.I. The van der Waals surface area contributed by atoms with Gasteiger partial charge in [0.05, 0.1) is 11.5 Å². The molecule has 0 aromatic carbocycles. The van der Waals surface area contributed by atoms with Gasteiger partial charge in [-0.1, -0.05) is 13.8 Å². The third-order valence-electron chi connectivity index (χ3n) is 4.65. The van der Waals surface area contributed by atoms with Gasteiger partial charge in [-0.3, -0.25) is 4.99 Å². The van der Waals surface area contributed by atoms with Crippen molar-refractivity contribution in [1.82, 2.24) is 20.2 Å². The Morgan fingerprint density at radius 1 is 1.37 bits per heavy atom. The summed E-state index contributed by atoms with van der Waals surface area (Å²) in [6, 6.07) is 4.80. The monoisotopic (exact) mass is 502 g/mol. The lowest BCUT2D eigenvalue weighted by molar-refractivity contribution is 0.461. The lowest BCUT2D eigenvalue weighted by Gasteiger charge is -2.33. The number of nitrogens with one attached hydrogen (secondary N) is 2. The van der Waals surface area contributed by atoms with Crippen molar-refractivity contribution in [2.24, 2.45) is 10.9 Å². The number of halogens is 1. The van der Waals surface area contributed by atoms with Gasteiger partial charge in [-0.2, -0.15) is 0 Å². The fourth-order valence-corrected chi connectivity index (χ4v) is 4.10. The van der Waals surface area contributed by atoms with E-state index in [-0.39, 0.29) is 24.0 Å². The molecular weight excluding hydrogens is 471 g/mol. The van der Waals surface area contributed by atoms with Crippen molar-refractivity contribution in [3.8, 4) is 0 Å². The highest BCUT2D eigenvalue weighted by atomic mass is 127. The van der Waals surface area contributed by atoms with E-state index in [0.717, 1.165) is 44.3 Å². The van der Waals surface area contributed by atoms with Crippen molar-refractivity contribution in [3.63, 3.8) is 0 Å². The first-order chi connectivity index (χ1) is 12.7. The third-order valence-corrected chi connectivity index (χ3v) is 5.58. The zero-order chi connectivity index (χ0) is 18.4. The minimum Gasteiger partial charge on any atom is -0.363 e. The predicted octanol–water partition coefficient (Wildman–Crippen LogP) is 3.55. The maximum atomic E-state index is 4.47. The average Bonchev–Trinajstić information content (AvgIpc) is 3.31. The second kappa shape index (κ2) is 10.9. The molecule has 1 saturated heterocycles. The van der Waals surface area contributed by atoms with E-state index in [1.165, 1.54) is 5.00 Å². The Bertz CT molecular complexity index is 689. The Morgan fingerprint density at radius 2 is 2.15 bits per heavy atom. The summed E-state index contributed by atoms with van der Waals surface area (Å²) in [6.45, 7) is 8.31. The second-order valence-corrected chi connectivity index (χ2v) is 8.10. The van der Waals surface area contributed by atoms with Crippen molar-refractivity contribution in [2.75, 3.05) is 25.0 Å². The number of rotatable bonds is 6. The molecule has 0 saturated carbocycles. The van der Waals surface area contributed by atoms with Gasteiger partial charge < -0.3 is 20.1 Å². The molecule has 1 aliphatic heterocycles. The van der Waals surface area contributed by atoms with E-state index in [2.05, 4.69) is 61.4 Å². The maximum Gasteiger partial charge on any atom is 0.191 e. The predicted molar refractivity (Wildman–Crippen MR) is 125 cm³/mol. The summed E-state index contributed by atoms with van der Waals surface area (Å²) in [5.74, 6) is 2.52. The smallest absolute Gasteiger partial charge is 0.191 e. The highest BCUT2D eigenvalue weighted by Gasteiger charge is 2.20. The number of nitrogens with zero attached hydrogens (tertiary/aromatic N) is 4. The zero-order valence-corrected chi connectivity index (χ0v) is 19.5. The highest BCUT2D eigenvalue weighted by molar-refractivity contribution is 14.0. The van der Waals surface area contributed by atoms with Crippen LogP contribution < -0.4 is 15.5 Å². The minimum atomic E-state index is 0. The molecule has 0 radical (unpaired) electrons. The topological polar surface area (TPSA) is 57.5 Å². The van der Waals surface area contributed by atoms with Gasteiger partial charge in [-0.05, 0) is 36.3 Å². The van der Waals surface area contributed by atoms with Gasteiger partial charge in [-0.15, -0.1) is 35.3 Å². The first-order valence-corrected chi connectivity index (χ1v) is 10.3. The number of hydrogen-bond donors (Lipinski definition) is 2. The Kier molecular flexibility index (Phi) is 8.88. The quantitative estimate of drug-likeness (QED) is 0.361. The van der Waals surface area contributed by atoms with E-state index >= 15 is 0 Å². The van der Waals surface area contributed by atoms with E-state index < -0.39 is 0 Å². The summed E-state index contributed by atoms with van der Waals surface area (Å²) >= 11 is 1.82. The molecular formula is C19H31IN6S. The van der Waals surface area contributed by atoms with Crippen LogP contribution in [0.1, 0.15) is 32.5 Å². The summed E-state index contributed by atoms with van der Waals surface area (Å²) < 4.78 is 2.21. The first-order valence-electron chi connectivity index (χ1n) is 9.41. The van der Waals surface area contributed by atoms with Crippen LogP contribution in [-0.4, -0.2) is 41.7 Å². The van der Waals surface area contributed by atoms with Crippen LogP contribution in [0.15, 0.2) is 34.9 Å². The number of thiophene rings is 1. The van der Waals surface area contributed by atoms with Crippen LogP contribution in [0.3, 0.4) is 0 Å². The molecule has 1 aliphatic rings. The second-order valence-electron chi connectivity index (χ2n) is 7.17. The van der Waals surface area contributed by atoms with Crippen LogP contribution in [0, 0.1) is 5.92 Å². The third kappa shape index (κ3) is 6.38. The molecule has 0 aliphatic carbocycles. The normalized spacial score (nSPS) is 15.7. The minimum absolute atomic E-state index is 0. The Morgan fingerprint density at radius 3 is 2.78 bits per heavy atom. The number of aliphatic imine (C=N–C) groups is 1. The Balaban J connectivity index is 0.00000261. The number of hydrogen-bond acceptors (Lipinski definition) is 4. The fourth-order valence-electron chi connectivity index (χ4n) is 3.31. The van der Waals surface area contributed by atoms with Gasteiger partial charge in [0, 0.05) is 45.1 Å². The summed E-state index contributed by atoms with van der Waals surface area (Å²) in [6.07, 6.45) is 6.17. The summed E-state index contributed by atoms with van der Waals surface area (Å²) in [7, 11) is 1.83. The lowest BCUT2D eigenvalue weighted by Crippen LogP contribution is -2.48. The molecule has 1 fully saturated rings. The molecule has 3 heterocycles. The van der Waals surface area contributed by atoms with Crippen molar-refractivity contribution in [3.05, 3.63) is 35.7 Å². The van der Waals surface area contributed by atoms with E-state index in [1.54, 1.807) is 0 Å². The number of guanidine groups is 1. The van der Waals surface area contributed by atoms with E-state index in [4.69, 9.17) is 0 Å². The van der Waals surface area contributed by atoms with Gasteiger partial charge in [0.1, 0.15) is 5.82 Å². The molecule has 150 valence electrons. The summed E-state index contributed by atoms with van der Waals surface area (Å²) in [5, 5.41) is 10.5. The van der Waals surface area contributed by atoms with E-state index in [9.17, 15) is 0 Å². The zero-order valence-electron chi connectivity index (χ0n) is 16.4. The fraction of sp³-hybridized carbons (Fsp3) is 0.579. The Labute approximate surface area is 183 Å². The van der Waals surface area contributed by atoms with Crippen LogP contribution in [0.5, 0.6) is 0 Å². The van der Waals surface area contributed by atoms with E-state index in [0.29, 0.717) is 18.5 Å². The standard InChI is InChI=1S/C19H30N6S.HI/c1-15(2)14-25-11-8-21-17(25)13-22-19(20-3)23-16-6-9-24(10-7-16)18-5-4-12-26-18;/h4-5,8,11-12,15-16H,6-7,9-10,13-14H2,1-3H3,(H2,20,22,23);1H. The number of imidazole rings is 1. The van der Waals surface area contributed by atoms with Gasteiger partial charge in [0.2, 0.25) is 0 Å². The molecule has 0 unspecified atom stereocenters. The number of anilines is 1. The van der Waals surface area contributed by atoms with Gasteiger partial charge in [-0.25, -0.2) is 4.98 Å². The average molecular weight is 502 g/mol. The van der Waals surface area contributed by atoms with Gasteiger partial charge >= 0.3 is 0 Å². The van der Waals surface area contributed by atoms with Gasteiger partial charge in [0.15, 0.2) is 5.96 Å². The van der Waals surface area contributed by atoms with Crippen molar-refractivity contribution in [1.29, 1.82) is 0 Å². The molecule has 8 heteroatoms. The molecule has 0 amide bonds. The van der Waals surface area contributed by atoms with Crippen LogP contribution in [-0.2, 0) is 13.1 Å². The Hall–Kier alpha value is -1.29. The first kappa shape index (κ1) is 22.0. The molecule has 2 aromatic rings. The summed E-state index contributed by atoms with van der Waals surface area (Å²) in [5.41, 5.74) is 0. The van der Waals surface area contributed by atoms with Crippen molar-refractivity contribution >= 4 is 46.3 Å². The number of piperidine rings is 1. The maximum absolute atomic E-state index is 4.47. The van der Waals surface area contributed by atoms with Crippen LogP contribution in [0.4, 0.5) is 5.00 Å². The number of aromatic nitrogens is 2.